The Labute approximate surface area is 151 Å². The molecular weight excluding hydrogens is 331 g/mol. The van der Waals surface area contributed by atoms with Gasteiger partial charge >= 0.3 is 0 Å². The van der Waals surface area contributed by atoms with Crippen molar-refractivity contribution in [2.24, 2.45) is 5.92 Å². The molecule has 2 aromatic carbocycles. The molecule has 0 spiro atoms. The highest BCUT2D eigenvalue weighted by atomic mass is 19.1. The summed E-state index contributed by atoms with van der Waals surface area (Å²) in [6, 6.07) is 13.5. The second kappa shape index (κ2) is 6.56. The SMILES string of the molecule is O=C(Nc1cccc(NC(=O)C2(c3cccc(F)c3)CCC2)c1)C1CC1. The van der Waals surface area contributed by atoms with E-state index in [1.54, 1.807) is 24.3 Å². The second-order valence-corrected chi connectivity index (χ2v) is 7.24. The average Bonchev–Trinajstić information content (AvgIpc) is 3.39. The summed E-state index contributed by atoms with van der Waals surface area (Å²) in [5.74, 6) is -0.297. The van der Waals surface area contributed by atoms with Crippen molar-refractivity contribution in [2.45, 2.75) is 37.5 Å². The van der Waals surface area contributed by atoms with Gasteiger partial charge < -0.3 is 10.6 Å². The number of rotatable bonds is 5. The third kappa shape index (κ3) is 3.21. The predicted molar refractivity (Wildman–Crippen MR) is 98.4 cm³/mol. The number of amides is 2. The van der Waals surface area contributed by atoms with Gasteiger partial charge in [-0.25, -0.2) is 4.39 Å². The van der Waals surface area contributed by atoms with Crippen molar-refractivity contribution < 1.29 is 14.0 Å². The molecule has 2 N–H and O–H groups in total. The lowest BCUT2D eigenvalue weighted by Crippen LogP contribution is -2.46. The first-order chi connectivity index (χ1) is 12.6. The van der Waals surface area contributed by atoms with Gasteiger partial charge in [0.1, 0.15) is 5.82 Å². The van der Waals surface area contributed by atoms with Gasteiger partial charge in [-0.1, -0.05) is 24.6 Å². The van der Waals surface area contributed by atoms with Crippen molar-refractivity contribution in [3.05, 3.63) is 59.9 Å². The zero-order valence-electron chi connectivity index (χ0n) is 14.4. The van der Waals surface area contributed by atoms with Crippen LogP contribution in [0.4, 0.5) is 15.8 Å². The summed E-state index contributed by atoms with van der Waals surface area (Å²) < 4.78 is 13.6. The first kappa shape index (κ1) is 16.8. The lowest BCUT2D eigenvalue weighted by molar-refractivity contribution is -0.124. The molecule has 0 radical (unpaired) electrons. The van der Waals surface area contributed by atoms with Crippen LogP contribution >= 0.6 is 0 Å². The molecule has 0 saturated heterocycles. The van der Waals surface area contributed by atoms with E-state index in [0.29, 0.717) is 24.2 Å². The van der Waals surface area contributed by atoms with E-state index in [0.717, 1.165) is 24.8 Å². The monoisotopic (exact) mass is 352 g/mol. The van der Waals surface area contributed by atoms with Crippen molar-refractivity contribution in [2.75, 3.05) is 10.6 Å². The lowest BCUT2D eigenvalue weighted by atomic mass is 9.63. The van der Waals surface area contributed by atoms with Crippen LogP contribution in [0, 0.1) is 11.7 Å². The Kier molecular flexibility index (Phi) is 4.23. The average molecular weight is 352 g/mol. The number of halogens is 1. The molecule has 0 unspecified atom stereocenters. The van der Waals surface area contributed by atoms with Crippen LogP contribution < -0.4 is 10.6 Å². The van der Waals surface area contributed by atoms with Crippen LogP contribution in [0.1, 0.15) is 37.7 Å². The molecule has 0 atom stereocenters. The third-order valence-electron chi connectivity index (χ3n) is 5.36. The Bertz CT molecular complexity index is 857. The minimum Gasteiger partial charge on any atom is -0.326 e. The van der Waals surface area contributed by atoms with Gasteiger partial charge in [0.05, 0.1) is 5.41 Å². The fraction of sp³-hybridized carbons (Fsp3) is 0.333. The Hall–Kier alpha value is -2.69. The number of hydrogen-bond donors (Lipinski definition) is 2. The van der Waals surface area contributed by atoms with Crippen molar-refractivity contribution in [3.63, 3.8) is 0 Å². The van der Waals surface area contributed by atoms with E-state index in [1.807, 2.05) is 12.1 Å². The Balaban J connectivity index is 1.51. The molecule has 26 heavy (non-hydrogen) atoms. The normalized spacial score (nSPS) is 17.9. The number of anilines is 2. The number of carbonyl (C=O) groups is 2. The topological polar surface area (TPSA) is 58.2 Å². The fourth-order valence-corrected chi connectivity index (χ4v) is 3.48. The summed E-state index contributed by atoms with van der Waals surface area (Å²) >= 11 is 0. The van der Waals surface area contributed by atoms with Gasteiger partial charge in [0.2, 0.25) is 11.8 Å². The van der Waals surface area contributed by atoms with Gasteiger partial charge in [-0.3, -0.25) is 9.59 Å². The van der Waals surface area contributed by atoms with Gasteiger partial charge in [-0.15, -0.1) is 0 Å². The Morgan fingerprint density at radius 1 is 0.962 bits per heavy atom. The summed E-state index contributed by atoms with van der Waals surface area (Å²) in [6.07, 6.45) is 4.25. The Morgan fingerprint density at radius 3 is 2.27 bits per heavy atom. The molecule has 4 nitrogen and oxygen atoms in total. The fourth-order valence-electron chi connectivity index (χ4n) is 3.48. The van der Waals surface area contributed by atoms with Crippen LogP contribution in [-0.4, -0.2) is 11.8 Å². The summed E-state index contributed by atoms with van der Waals surface area (Å²) in [6.45, 7) is 0. The summed E-state index contributed by atoms with van der Waals surface area (Å²) in [7, 11) is 0. The van der Waals surface area contributed by atoms with Crippen LogP contribution in [0.15, 0.2) is 48.5 Å². The summed E-state index contributed by atoms with van der Waals surface area (Å²) in [4.78, 5) is 24.9. The van der Waals surface area contributed by atoms with Gasteiger partial charge in [-0.2, -0.15) is 0 Å². The molecule has 0 heterocycles. The van der Waals surface area contributed by atoms with Gasteiger partial charge in [0, 0.05) is 17.3 Å². The molecule has 4 rings (SSSR count). The number of nitrogens with one attached hydrogen (secondary N) is 2. The van der Waals surface area contributed by atoms with E-state index < -0.39 is 5.41 Å². The molecule has 0 aromatic heterocycles. The third-order valence-corrected chi connectivity index (χ3v) is 5.36. The maximum absolute atomic E-state index is 13.6. The first-order valence-corrected chi connectivity index (χ1v) is 9.05. The molecule has 2 aliphatic carbocycles. The zero-order valence-corrected chi connectivity index (χ0v) is 14.4. The van der Waals surface area contributed by atoms with Crippen LogP contribution in [0.3, 0.4) is 0 Å². The summed E-state index contributed by atoms with van der Waals surface area (Å²) in [5.41, 5.74) is 1.36. The largest absolute Gasteiger partial charge is 0.326 e. The second-order valence-electron chi connectivity index (χ2n) is 7.24. The van der Waals surface area contributed by atoms with E-state index in [2.05, 4.69) is 10.6 Å². The molecule has 0 bridgehead atoms. The molecule has 5 heteroatoms. The van der Waals surface area contributed by atoms with E-state index >= 15 is 0 Å². The maximum atomic E-state index is 13.6. The van der Waals surface area contributed by atoms with Crippen LogP contribution in [-0.2, 0) is 15.0 Å². The van der Waals surface area contributed by atoms with E-state index in [-0.39, 0.29) is 23.5 Å². The van der Waals surface area contributed by atoms with Crippen molar-refractivity contribution in [1.29, 1.82) is 0 Å². The molecule has 134 valence electrons. The molecule has 2 aliphatic rings. The first-order valence-electron chi connectivity index (χ1n) is 9.05. The van der Waals surface area contributed by atoms with E-state index in [9.17, 15) is 14.0 Å². The minimum absolute atomic E-state index is 0.0312. The number of benzene rings is 2. The van der Waals surface area contributed by atoms with Crippen LogP contribution in [0.25, 0.3) is 0 Å². The highest BCUT2D eigenvalue weighted by molar-refractivity contribution is 6.01. The smallest absolute Gasteiger partial charge is 0.235 e. The minimum atomic E-state index is -0.671. The van der Waals surface area contributed by atoms with Crippen LogP contribution in [0.5, 0.6) is 0 Å². The quantitative estimate of drug-likeness (QED) is 0.846. The lowest BCUT2D eigenvalue weighted by Gasteiger charge is -2.40. The van der Waals surface area contributed by atoms with Gasteiger partial charge in [0.25, 0.3) is 0 Å². The molecule has 2 saturated carbocycles. The van der Waals surface area contributed by atoms with Crippen molar-refractivity contribution in [3.8, 4) is 0 Å². The maximum Gasteiger partial charge on any atom is 0.235 e. The van der Waals surface area contributed by atoms with E-state index in [1.165, 1.54) is 12.1 Å². The van der Waals surface area contributed by atoms with Crippen LogP contribution in [0.2, 0.25) is 0 Å². The number of carbonyl (C=O) groups excluding carboxylic acids is 2. The standard InChI is InChI=1S/C21H21FN2O2/c22-16-5-1-4-15(12-16)21(10-3-11-21)20(26)24-18-7-2-6-17(13-18)23-19(25)14-8-9-14/h1-2,4-7,12-14H,3,8-11H2,(H,23,25)(H,24,26). The highest BCUT2D eigenvalue weighted by Crippen LogP contribution is 2.44. The predicted octanol–water partition coefficient (Wildman–Crippen LogP) is 4.23. The molecule has 0 aliphatic heterocycles. The molecule has 2 amide bonds. The number of hydrogen-bond acceptors (Lipinski definition) is 2. The van der Waals surface area contributed by atoms with Gasteiger partial charge in [0.15, 0.2) is 0 Å². The Morgan fingerprint density at radius 2 is 1.65 bits per heavy atom. The molecule has 2 aromatic rings. The molecular formula is C21H21FN2O2. The summed E-state index contributed by atoms with van der Waals surface area (Å²) in [5, 5.41) is 5.83. The zero-order chi connectivity index (χ0) is 18.1. The van der Waals surface area contributed by atoms with Gasteiger partial charge in [-0.05, 0) is 61.6 Å². The highest BCUT2D eigenvalue weighted by Gasteiger charge is 2.45. The molecule has 2 fully saturated rings. The van der Waals surface area contributed by atoms with Crippen molar-refractivity contribution >= 4 is 23.2 Å². The van der Waals surface area contributed by atoms with E-state index in [4.69, 9.17) is 0 Å². The van der Waals surface area contributed by atoms with Crippen molar-refractivity contribution in [1.82, 2.24) is 0 Å².